The van der Waals surface area contributed by atoms with E-state index in [1.54, 1.807) is 60.7 Å². The molecule has 0 aliphatic rings. The summed E-state index contributed by atoms with van der Waals surface area (Å²) in [7, 11) is -1.11. The number of hydrogen-bond acceptors (Lipinski definition) is 2. The number of hydrogen-bond donors (Lipinski definition) is 0. The highest BCUT2D eigenvalue weighted by Crippen LogP contribution is 2.59. The number of anilines is 1. The lowest BCUT2D eigenvalue weighted by atomic mass is 10.2. The maximum Gasteiger partial charge on any atom is 0.202 e. The maximum atomic E-state index is 14.5. The van der Waals surface area contributed by atoms with Gasteiger partial charge in [-0.25, -0.2) is 17.8 Å². The van der Waals surface area contributed by atoms with Crippen LogP contribution in [0.15, 0.2) is 97.1 Å². The Labute approximate surface area is 185 Å². The van der Waals surface area contributed by atoms with Gasteiger partial charge in [-0.05, 0) is 60.7 Å². The van der Waals surface area contributed by atoms with Gasteiger partial charge in [0.25, 0.3) is 0 Å². The normalized spacial score (nSPS) is 11.1. The van der Waals surface area contributed by atoms with Crippen molar-refractivity contribution >= 4 is 29.0 Å². The largest absolute Gasteiger partial charge is 0.237 e. The zero-order valence-electron chi connectivity index (χ0n) is 17.2. The highest BCUT2D eigenvalue weighted by Gasteiger charge is 2.51. The zero-order chi connectivity index (χ0) is 22.7. The van der Waals surface area contributed by atoms with Crippen molar-refractivity contribution in [2.75, 3.05) is 11.7 Å². The van der Waals surface area contributed by atoms with Crippen molar-refractivity contribution in [1.29, 1.82) is 5.26 Å². The van der Waals surface area contributed by atoms with Crippen LogP contribution < -0.4 is 20.6 Å². The van der Waals surface area contributed by atoms with Crippen molar-refractivity contribution in [3.05, 3.63) is 120 Å². The molecule has 0 fully saturated rings. The quantitative estimate of drug-likeness (QED) is 0.387. The van der Waals surface area contributed by atoms with Gasteiger partial charge in [0.15, 0.2) is 0 Å². The Morgan fingerprint density at radius 3 is 1.41 bits per heavy atom. The smallest absolute Gasteiger partial charge is 0.202 e. The average Bonchev–Trinajstić information content (AvgIpc) is 2.80. The summed E-state index contributed by atoms with van der Waals surface area (Å²) >= 11 is 0. The lowest BCUT2D eigenvalue weighted by molar-refractivity contribution is 0.629. The van der Waals surface area contributed by atoms with E-state index in [1.165, 1.54) is 36.4 Å². The molecule has 4 rings (SSSR count). The fourth-order valence-corrected chi connectivity index (χ4v) is 8.17. The third kappa shape index (κ3) is 3.86. The van der Waals surface area contributed by atoms with Gasteiger partial charge in [-0.2, -0.15) is 5.26 Å². The van der Waals surface area contributed by atoms with Gasteiger partial charge < -0.3 is 0 Å². The number of nitriles is 1. The molecule has 0 atom stereocenters. The molecular weight excluding hydrogens is 428 g/mol. The number of benzene rings is 4. The van der Waals surface area contributed by atoms with E-state index in [2.05, 4.69) is 6.07 Å². The molecule has 2 nitrogen and oxygen atoms in total. The van der Waals surface area contributed by atoms with Crippen molar-refractivity contribution in [1.82, 2.24) is 0 Å². The number of nitrogens with zero attached hydrogens (tertiary/aromatic N) is 2. The molecule has 0 unspecified atom stereocenters. The summed E-state index contributed by atoms with van der Waals surface area (Å²) in [5, 5.41) is 11.0. The van der Waals surface area contributed by atoms with Gasteiger partial charge in [0, 0.05) is 25.2 Å². The summed E-state index contributed by atoms with van der Waals surface area (Å²) < 4.78 is 45.4. The van der Waals surface area contributed by atoms with Gasteiger partial charge >= 0.3 is 0 Å². The molecule has 158 valence electrons. The van der Waals surface area contributed by atoms with Crippen molar-refractivity contribution in [2.24, 2.45) is 0 Å². The second-order valence-corrected chi connectivity index (χ2v) is 10.7. The molecule has 32 heavy (non-hydrogen) atoms. The van der Waals surface area contributed by atoms with Gasteiger partial charge in [-0.1, -0.05) is 18.2 Å². The van der Waals surface area contributed by atoms with E-state index in [9.17, 15) is 18.4 Å². The monoisotopic (exact) mass is 447 g/mol. The van der Waals surface area contributed by atoms with E-state index < -0.39 is 24.9 Å². The third-order valence-corrected chi connectivity index (χ3v) is 9.57. The number of halogens is 3. The molecule has 0 aromatic heterocycles. The Morgan fingerprint density at radius 2 is 1.06 bits per heavy atom. The molecule has 4 aromatic carbocycles. The molecular formula is C26H19F3N2P+. The van der Waals surface area contributed by atoms with Gasteiger partial charge in [-0.15, -0.1) is 0 Å². The predicted molar refractivity (Wildman–Crippen MR) is 125 cm³/mol. The van der Waals surface area contributed by atoms with Gasteiger partial charge in [0.1, 0.15) is 33.4 Å². The highest BCUT2D eigenvalue weighted by molar-refractivity contribution is 7.96. The first kappa shape index (κ1) is 21.6. The van der Waals surface area contributed by atoms with Crippen LogP contribution in [0.4, 0.5) is 18.9 Å². The number of rotatable bonds is 5. The Morgan fingerprint density at radius 1 is 0.656 bits per heavy atom. The molecule has 0 aliphatic heterocycles. The van der Waals surface area contributed by atoms with Crippen molar-refractivity contribution in [3.63, 3.8) is 0 Å². The van der Waals surface area contributed by atoms with Crippen LogP contribution in [0.25, 0.3) is 0 Å². The second-order valence-electron chi connectivity index (χ2n) is 7.26. The summed E-state index contributed by atoms with van der Waals surface area (Å²) in [5.74, 6) is -1.31. The lowest BCUT2D eigenvalue weighted by Gasteiger charge is -2.35. The first-order chi connectivity index (χ1) is 15.4. The molecule has 0 spiro atoms. The molecule has 0 radical (unpaired) electrons. The summed E-state index contributed by atoms with van der Waals surface area (Å²) in [6.07, 6.45) is 0. The Hall–Kier alpha value is -3.61. The van der Waals surface area contributed by atoms with Crippen LogP contribution in [0.1, 0.15) is 5.56 Å². The van der Waals surface area contributed by atoms with Crippen LogP contribution in [0, 0.1) is 28.8 Å². The first-order valence-electron chi connectivity index (χ1n) is 9.87. The van der Waals surface area contributed by atoms with Gasteiger partial charge in [0.2, 0.25) is 7.41 Å². The van der Waals surface area contributed by atoms with Crippen molar-refractivity contribution in [2.45, 2.75) is 0 Å². The van der Waals surface area contributed by atoms with Gasteiger partial charge in [-0.3, -0.25) is 0 Å². The van der Waals surface area contributed by atoms with E-state index >= 15 is 0 Å². The SMILES string of the molecule is CN(c1ccc(C#N)cc1)[P+](c1cccc(F)c1)(c1cccc(F)c1)c1cccc(F)c1. The van der Waals surface area contributed by atoms with E-state index in [1.807, 2.05) is 11.7 Å². The second kappa shape index (κ2) is 8.86. The minimum absolute atomic E-state index is 0.437. The van der Waals surface area contributed by atoms with Crippen molar-refractivity contribution < 1.29 is 13.2 Å². The van der Waals surface area contributed by atoms with Crippen LogP contribution >= 0.6 is 7.41 Å². The Balaban J connectivity index is 2.10. The maximum absolute atomic E-state index is 14.5. The van der Waals surface area contributed by atoms with Crippen LogP contribution in [0.5, 0.6) is 0 Å². The molecule has 0 aliphatic carbocycles. The zero-order valence-corrected chi connectivity index (χ0v) is 18.1. The highest BCUT2D eigenvalue weighted by atomic mass is 31.2. The minimum atomic E-state index is -2.94. The molecule has 0 N–H and O–H groups in total. The van der Waals surface area contributed by atoms with E-state index in [4.69, 9.17) is 0 Å². The van der Waals surface area contributed by atoms with E-state index in [-0.39, 0.29) is 0 Å². The standard InChI is InChI=1S/C26H19F3N2P/c1-31(23-13-11-19(18-30)12-14-23)32(24-8-2-5-20(27)15-24,25-9-3-6-21(28)16-25)26-10-4-7-22(29)17-26/h2-17H,1H3/q+1. The summed E-state index contributed by atoms with van der Waals surface area (Å²) in [5.41, 5.74) is 1.23. The molecule has 4 aromatic rings. The Bertz CT molecular complexity index is 1190. The lowest BCUT2D eigenvalue weighted by Crippen LogP contribution is -2.42. The summed E-state index contributed by atoms with van der Waals surface area (Å²) in [4.78, 5) is 0. The molecule has 0 amide bonds. The average molecular weight is 447 g/mol. The molecule has 0 saturated heterocycles. The molecule has 0 saturated carbocycles. The first-order valence-corrected chi connectivity index (χ1v) is 11.6. The molecule has 0 heterocycles. The summed E-state index contributed by atoms with van der Waals surface area (Å²) in [6, 6.07) is 27.5. The fraction of sp³-hybridized carbons (Fsp3) is 0.0385. The van der Waals surface area contributed by atoms with Gasteiger partial charge in [0.05, 0.1) is 17.3 Å². The van der Waals surface area contributed by atoms with E-state index in [0.29, 0.717) is 21.5 Å². The summed E-state index contributed by atoms with van der Waals surface area (Å²) in [6.45, 7) is 0. The van der Waals surface area contributed by atoms with Crippen LogP contribution in [0.3, 0.4) is 0 Å². The Kier molecular flexibility index (Phi) is 5.99. The predicted octanol–water partition coefficient (Wildman–Crippen LogP) is 5.32. The van der Waals surface area contributed by atoms with Crippen LogP contribution in [-0.2, 0) is 0 Å². The molecule has 0 bridgehead atoms. The van der Waals surface area contributed by atoms with Crippen molar-refractivity contribution in [3.8, 4) is 6.07 Å². The van der Waals surface area contributed by atoms with Crippen LogP contribution in [0.2, 0.25) is 0 Å². The topological polar surface area (TPSA) is 27.0 Å². The third-order valence-electron chi connectivity index (χ3n) is 5.37. The van der Waals surface area contributed by atoms with Crippen LogP contribution in [-0.4, -0.2) is 7.05 Å². The van der Waals surface area contributed by atoms with E-state index in [0.717, 1.165) is 5.69 Å². The molecule has 6 heteroatoms. The fourth-order valence-electron chi connectivity index (χ4n) is 3.92. The minimum Gasteiger partial charge on any atom is -0.237 e.